The van der Waals surface area contributed by atoms with Crippen molar-refractivity contribution in [3.05, 3.63) is 28.8 Å². The Bertz CT molecular complexity index is 361. The van der Waals surface area contributed by atoms with Crippen molar-refractivity contribution in [2.24, 2.45) is 0 Å². The minimum atomic E-state index is -0.407. The van der Waals surface area contributed by atoms with Crippen LogP contribution in [-0.4, -0.2) is 11.9 Å². The first-order valence-corrected chi connectivity index (χ1v) is 5.38. The van der Waals surface area contributed by atoms with Gasteiger partial charge in [-0.2, -0.15) is 0 Å². The second-order valence-electron chi connectivity index (χ2n) is 3.48. The van der Waals surface area contributed by atoms with Crippen LogP contribution in [0.4, 0.5) is 0 Å². The predicted octanol–water partition coefficient (Wildman–Crippen LogP) is 3.26. The highest BCUT2D eigenvalue weighted by molar-refractivity contribution is 6.31. The summed E-state index contributed by atoms with van der Waals surface area (Å²) in [4.78, 5) is 11.0. The molecule has 0 saturated heterocycles. The van der Waals surface area contributed by atoms with E-state index in [4.69, 9.17) is 16.3 Å². The van der Waals surface area contributed by atoms with Crippen LogP contribution in [0, 0.1) is 0 Å². The van der Waals surface area contributed by atoms with Crippen LogP contribution < -0.4 is 4.74 Å². The largest absolute Gasteiger partial charge is 0.483 e. The SMILES string of the molecule is CCc1cc(OC(C)C(C)=O)ccc1Cl. The maximum Gasteiger partial charge on any atom is 0.169 e. The van der Waals surface area contributed by atoms with Crippen molar-refractivity contribution >= 4 is 17.4 Å². The fourth-order valence-corrected chi connectivity index (χ4v) is 1.43. The third-order valence-corrected chi connectivity index (χ3v) is 2.65. The zero-order valence-corrected chi connectivity index (χ0v) is 9.97. The van der Waals surface area contributed by atoms with Gasteiger partial charge in [0.25, 0.3) is 0 Å². The van der Waals surface area contributed by atoms with Gasteiger partial charge in [-0.15, -0.1) is 0 Å². The molecule has 0 aliphatic carbocycles. The molecule has 1 aromatic rings. The molecule has 0 amide bonds. The number of halogens is 1. The molecule has 0 fully saturated rings. The summed E-state index contributed by atoms with van der Waals surface area (Å²) in [6.45, 7) is 5.28. The molecule has 15 heavy (non-hydrogen) atoms. The Hall–Kier alpha value is -1.02. The average Bonchev–Trinajstić information content (AvgIpc) is 2.20. The normalized spacial score (nSPS) is 12.3. The standard InChI is InChI=1S/C12H15ClO2/c1-4-10-7-11(5-6-12(10)13)15-9(3)8(2)14/h5-7,9H,4H2,1-3H3. The maximum absolute atomic E-state index is 11.0. The van der Waals surface area contributed by atoms with E-state index in [0.717, 1.165) is 17.0 Å². The minimum absolute atomic E-state index is 0.0167. The smallest absolute Gasteiger partial charge is 0.169 e. The van der Waals surface area contributed by atoms with E-state index >= 15 is 0 Å². The van der Waals surface area contributed by atoms with E-state index in [-0.39, 0.29) is 5.78 Å². The van der Waals surface area contributed by atoms with Gasteiger partial charge in [-0.25, -0.2) is 0 Å². The summed E-state index contributed by atoms with van der Waals surface area (Å²) in [5.41, 5.74) is 1.03. The second-order valence-corrected chi connectivity index (χ2v) is 3.88. The van der Waals surface area contributed by atoms with Gasteiger partial charge in [-0.05, 0) is 44.0 Å². The number of benzene rings is 1. The van der Waals surface area contributed by atoms with Crippen LogP contribution in [-0.2, 0) is 11.2 Å². The van der Waals surface area contributed by atoms with Crippen LogP contribution in [0.1, 0.15) is 26.3 Å². The lowest BCUT2D eigenvalue weighted by Gasteiger charge is -2.12. The van der Waals surface area contributed by atoms with Crippen molar-refractivity contribution in [2.75, 3.05) is 0 Å². The molecule has 0 N–H and O–H groups in total. The molecule has 1 rings (SSSR count). The lowest BCUT2D eigenvalue weighted by molar-refractivity contribution is -0.122. The van der Waals surface area contributed by atoms with Crippen LogP contribution in [0.15, 0.2) is 18.2 Å². The molecule has 0 heterocycles. The molecular formula is C12H15ClO2. The van der Waals surface area contributed by atoms with Crippen molar-refractivity contribution < 1.29 is 9.53 Å². The Morgan fingerprint density at radius 1 is 1.53 bits per heavy atom. The number of rotatable bonds is 4. The minimum Gasteiger partial charge on any atom is -0.483 e. The molecule has 1 unspecified atom stereocenters. The number of carbonyl (C=O) groups is 1. The van der Waals surface area contributed by atoms with Gasteiger partial charge < -0.3 is 4.74 Å². The first kappa shape index (κ1) is 12.1. The highest BCUT2D eigenvalue weighted by atomic mass is 35.5. The molecule has 0 spiro atoms. The van der Waals surface area contributed by atoms with Crippen molar-refractivity contribution in [3.8, 4) is 5.75 Å². The molecule has 0 saturated carbocycles. The molecule has 82 valence electrons. The van der Waals surface area contributed by atoms with Crippen molar-refractivity contribution in [1.82, 2.24) is 0 Å². The Labute approximate surface area is 95.2 Å². The number of carbonyl (C=O) groups excluding carboxylic acids is 1. The topological polar surface area (TPSA) is 26.3 Å². The number of ether oxygens (including phenoxy) is 1. The Balaban J connectivity index is 2.83. The summed E-state index contributed by atoms with van der Waals surface area (Å²) in [6.07, 6.45) is 0.445. The summed E-state index contributed by atoms with van der Waals surface area (Å²) in [5.74, 6) is 0.710. The van der Waals surface area contributed by atoms with E-state index in [0.29, 0.717) is 5.75 Å². The highest BCUT2D eigenvalue weighted by Crippen LogP contribution is 2.23. The number of aryl methyl sites for hydroxylation is 1. The molecule has 0 aromatic heterocycles. The fourth-order valence-electron chi connectivity index (χ4n) is 1.18. The maximum atomic E-state index is 11.0. The zero-order chi connectivity index (χ0) is 11.4. The van der Waals surface area contributed by atoms with Gasteiger partial charge in [0, 0.05) is 5.02 Å². The number of hydrogen-bond donors (Lipinski definition) is 0. The van der Waals surface area contributed by atoms with Crippen molar-refractivity contribution in [3.63, 3.8) is 0 Å². The van der Waals surface area contributed by atoms with E-state index in [1.165, 1.54) is 6.92 Å². The van der Waals surface area contributed by atoms with Gasteiger partial charge in [0.05, 0.1) is 0 Å². The number of ketones is 1. The molecule has 0 aliphatic rings. The number of hydrogen-bond acceptors (Lipinski definition) is 2. The Morgan fingerprint density at radius 2 is 2.20 bits per heavy atom. The molecule has 0 aliphatic heterocycles. The third-order valence-electron chi connectivity index (χ3n) is 2.28. The monoisotopic (exact) mass is 226 g/mol. The van der Waals surface area contributed by atoms with Crippen LogP contribution in [0.2, 0.25) is 5.02 Å². The summed E-state index contributed by atoms with van der Waals surface area (Å²) in [5, 5.41) is 0.736. The van der Waals surface area contributed by atoms with Gasteiger partial charge in [-0.1, -0.05) is 18.5 Å². The molecule has 0 radical (unpaired) electrons. The van der Waals surface area contributed by atoms with E-state index in [2.05, 4.69) is 0 Å². The number of Topliss-reactive ketones (excluding diaryl/α,β-unsaturated/α-hetero) is 1. The Morgan fingerprint density at radius 3 is 2.73 bits per heavy atom. The molecule has 3 heteroatoms. The summed E-state index contributed by atoms with van der Waals surface area (Å²) in [7, 11) is 0. The predicted molar refractivity (Wildman–Crippen MR) is 61.6 cm³/mol. The molecule has 1 aromatic carbocycles. The van der Waals surface area contributed by atoms with E-state index in [1.54, 1.807) is 19.1 Å². The molecular weight excluding hydrogens is 212 g/mol. The molecule has 1 atom stereocenters. The van der Waals surface area contributed by atoms with E-state index < -0.39 is 6.10 Å². The molecule has 0 bridgehead atoms. The van der Waals surface area contributed by atoms with Gasteiger partial charge in [0.2, 0.25) is 0 Å². The van der Waals surface area contributed by atoms with Crippen LogP contribution in [0.5, 0.6) is 5.75 Å². The van der Waals surface area contributed by atoms with Crippen molar-refractivity contribution in [1.29, 1.82) is 0 Å². The molecule has 2 nitrogen and oxygen atoms in total. The Kier molecular flexibility index (Phi) is 4.15. The summed E-state index contributed by atoms with van der Waals surface area (Å²) >= 11 is 5.97. The van der Waals surface area contributed by atoms with Crippen LogP contribution in [0.25, 0.3) is 0 Å². The van der Waals surface area contributed by atoms with Gasteiger partial charge in [0.15, 0.2) is 11.9 Å². The van der Waals surface area contributed by atoms with Gasteiger partial charge in [0.1, 0.15) is 5.75 Å². The zero-order valence-electron chi connectivity index (χ0n) is 9.21. The van der Waals surface area contributed by atoms with Gasteiger partial charge in [-0.3, -0.25) is 4.79 Å². The average molecular weight is 227 g/mol. The second kappa shape index (κ2) is 5.17. The summed E-state index contributed by atoms with van der Waals surface area (Å²) in [6, 6.07) is 5.45. The fraction of sp³-hybridized carbons (Fsp3) is 0.417. The van der Waals surface area contributed by atoms with E-state index in [1.807, 2.05) is 13.0 Å². The van der Waals surface area contributed by atoms with E-state index in [9.17, 15) is 4.79 Å². The first-order chi connectivity index (χ1) is 7.04. The lowest BCUT2D eigenvalue weighted by atomic mass is 10.1. The highest BCUT2D eigenvalue weighted by Gasteiger charge is 2.09. The van der Waals surface area contributed by atoms with Crippen LogP contribution in [0.3, 0.4) is 0 Å². The van der Waals surface area contributed by atoms with Crippen molar-refractivity contribution in [2.45, 2.75) is 33.3 Å². The first-order valence-electron chi connectivity index (χ1n) is 5.00. The van der Waals surface area contributed by atoms with Gasteiger partial charge >= 0.3 is 0 Å². The lowest BCUT2D eigenvalue weighted by Crippen LogP contribution is -2.20. The van der Waals surface area contributed by atoms with Crippen LogP contribution >= 0.6 is 11.6 Å². The quantitative estimate of drug-likeness (QED) is 0.788. The summed E-state index contributed by atoms with van der Waals surface area (Å²) < 4.78 is 5.47. The third kappa shape index (κ3) is 3.24.